The molecular formula is C19H21NO6S. The molecule has 0 radical (unpaired) electrons. The summed E-state index contributed by atoms with van der Waals surface area (Å²) in [7, 11) is -1.98. The van der Waals surface area contributed by atoms with Crippen molar-refractivity contribution in [3.8, 4) is 5.75 Å². The number of rotatable bonds is 7. The van der Waals surface area contributed by atoms with E-state index in [-0.39, 0.29) is 28.5 Å². The zero-order chi connectivity index (χ0) is 20.2. The first-order chi connectivity index (χ1) is 12.6. The number of methoxy groups -OCH3 is 1. The van der Waals surface area contributed by atoms with Gasteiger partial charge in [-0.1, -0.05) is 12.1 Å². The molecule has 0 fully saturated rings. The van der Waals surface area contributed by atoms with E-state index in [2.05, 4.69) is 5.32 Å². The van der Waals surface area contributed by atoms with Gasteiger partial charge in [0.25, 0.3) is 0 Å². The molecular weight excluding hydrogens is 370 g/mol. The van der Waals surface area contributed by atoms with Gasteiger partial charge in [0.15, 0.2) is 9.84 Å². The average molecular weight is 391 g/mol. The molecule has 2 aromatic rings. The van der Waals surface area contributed by atoms with Crippen molar-refractivity contribution >= 4 is 27.4 Å². The van der Waals surface area contributed by atoms with Gasteiger partial charge in [-0.3, -0.25) is 4.79 Å². The lowest BCUT2D eigenvalue weighted by Gasteiger charge is -2.11. The molecule has 0 spiro atoms. The summed E-state index contributed by atoms with van der Waals surface area (Å²) in [5, 5.41) is 11.1. The summed E-state index contributed by atoms with van der Waals surface area (Å²) in [4.78, 5) is 23.5. The summed E-state index contributed by atoms with van der Waals surface area (Å²) in [6, 6.07) is 10.3. The van der Waals surface area contributed by atoms with Crippen LogP contribution in [-0.4, -0.2) is 37.8 Å². The molecule has 0 aliphatic carbocycles. The highest BCUT2D eigenvalue weighted by Crippen LogP contribution is 2.26. The van der Waals surface area contributed by atoms with Gasteiger partial charge < -0.3 is 15.2 Å². The number of hydrogen-bond acceptors (Lipinski definition) is 5. The van der Waals surface area contributed by atoms with Crippen molar-refractivity contribution in [3.63, 3.8) is 0 Å². The molecule has 0 aliphatic heterocycles. The van der Waals surface area contributed by atoms with Gasteiger partial charge in [-0.15, -0.1) is 0 Å². The Labute approximate surface area is 157 Å². The monoisotopic (exact) mass is 391 g/mol. The Balaban J connectivity index is 2.11. The number of sulfone groups is 1. The van der Waals surface area contributed by atoms with Gasteiger partial charge in [-0.25, -0.2) is 13.2 Å². The van der Waals surface area contributed by atoms with E-state index in [1.54, 1.807) is 26.0 Å². The van der Waals surface area contributed by atoms with Crippen molar-refractivity contribution < 1.29 is 27.9 Å². The maximum atomic E-state index is 12.3. The van der Waals surface area contributed by atoms with E-state index in [9.17, 15) is 18.0 Å². The lowest BCUT2D eigenvalue weighted by molar-refractivity contribution is -0.115. The van der Waals surface area contributed by atoms with Gasteiger partial charge in [0.1, 0.15) is 5.75 Å². The van der Waals surface area contributed by atoms with Crippen LogP contribution in [0, 0.1) is 0 Å². The molecule has 2 aromatic carbocycles. The molecule has 0 aliphatic rings. The highest BCUT2D eigenvalue weighted by molar-refractivity contribution is 7.92. The van der Waals surface area contributed by atoms with Gasteiger partial charge in [0.2, 0.25) is 5.91 Å². The first kappa shape index (κ1) is 20.4. The van der Waals surface area contributed by atoms with Gasteiger partial charge in [-0.05, 0) is 49.7 Å². The molecule has 0 aromatic heterocycles. The van der Waals surface area contributed by atoms with Crippen molar-refractivity contribution in [1.29, 1.82) is 0 Å². The SMILES string of the molecule is COc1cc(C(=O)O)ccc1NC(=O)Cc1ccc(S(=O)(=O)C(C)C)cc1. The van der Waals surface area contributed by atoms with Crippen molar-refractivity contribution in [2.24, 2.45) is 0 Å². The van der Waals surface area contributed by atoms with Crippen LogP contribution >= 0.6 is 0 Å². The number of benzene rings is 2. The van der Waals surface area contributed by atoms with Crippen LogP contribution in [0.2, 0.25) is 0 Å². The van der Waals surface area contributed by atoms with Gasteiger partial charge in [0.05, 0.1) is 34.9 Å². The fraction of sp³-hybridized carbons (Fsp3) is 0.263. The standard InChI is InChI=1S/C19H21NO6S/c1-12(2)27(24,25)15-7-4-13(5-8-15)10-18(21)20-16-9-6-14(19(22)23)11-17(16)26-3/h4-9,11-12H,10H2,1-3H3,(H,20,21)(H,22,23). The van der Waals surface area contributed by atoms with Crippen LogP contribution in [0.15, 0.2) is 47.4 Å². The number of carboxylic acids is 1. The number of aromatic carboxylic acids is 1. The number of carboxylic acid groups (broad SMARTS) is 1. The normalized spacial score (nSPS) is 11.3. The number of hydrogen-bond donors (Lipinski definition) is 2. The van der Waals surface area contributed by atoms with Crippen LogP contribution in [0.25, 0.3) is 0 Å². The summed E-state index contributed by atoms with van der Waals surface area (Å²) in [5.41, 5.74) is 1.05. The molecule has 7 nitrogen and oxygen atoms in total. The smallest absolute Gasteiger partial charge is 0.335 e. The van der Waals surface area contributed by atoms with Crippen molar-refractivity contribution in [1.82, 2.24) is 0 Å². The fourth-order valence-electron chi connectivity index (χ4n) is 2.38. The summed E-state index contributed by atoms with van der Waals surface area (Å²) in [5.74, 6) is -1.19. The largest absolute Gasteiger partial charge is 0.495 e. The minimum Gasteiger partial charge on any atom is -0.495 e. The molecule has 2 N–H and O–H groups in total. The van der Waals surface area contributed by atoms with Crippen molar-refractivity contribution in [2.75, 3.05) is 12.4 Å². The summed E-state index contributed by atoms with van der Waals surface area (Å²) >= 11 is 0. The van der Waals surface area contributed by atoms with Crippen LogP contribution in [0.1, 0.15) is 29.8 Å². The molecule has 0 saturated heterocycles. The highest BCUT2D eigenvalue weighted by Gasteiger charge is 2.19. The maximum Gasteiger partial charge on any atom is 0.335 e. The van der Waals surface area contributed by atoms with Gasteiger partial charge in [-0.2, -0.15) is 0 Å². The Hall–Kier alpha value is -2.87. The van der Waals surface area contributed by atoms with E-state index >= 15 is 0 Å². The fourth-order valence-corrected chi connectivity index (χ4v) is 3.44. The number of amides is 1. The third kappa shape index (κ3) is 4.85. The third-order valence-corrected chi connectivity index (χ3v) is 6.13. The Morgan fingerprint density at radius 1 is 1.11 bits per heavy atom. The lowest BCUT2D eigenvalue weighted by atomic mass is 10.1. The van der Waals surface area contributed by atoms with E-state index in [0.29, 0.717) is 11.3 Å². The van der Waals surface area contributed by atoms with E-state index in [1.807, 2.05) is 0 Å². The molecule has 1 amide bonds. The molecule has 144 valence electrons. The summed E-state index contributed by atoms with van der Waals surface area (Å²) in [6.45, 7) is 3.22. The first-order valence-corrected chi connectivity index (χ1v) is 9.73. The van der Waals surface area contributed by atoms with Crippen molar-refractivity contribution in [2.45, 2.75) is 30.4 Å². The Morgan fingerprint density at radius 2 is 1.74 bits per heavy atom. The Morgan fingerprint density at radius 3 is 2.26 bits per heavy atom. The minimum absolute atomic E-state index is 0.0336. The molecule has 2 rings (SSSR count). The third-order valence-electron chi connectivity index (χ3n) is 3.96. The van der Waals surface area contributed by atoms with E-state index < -0.39 is 21.1 Å². The number of nitrogens with one attached hydrogen (secondary N) is 1. The van der Waals surface area contributed by atoms with Crippen LogP contribution in [0.4, 0.5) is 5.69 Å². The second kappa shape index (κ2) is 8.22. The van der Waals surface area contributed by atoms with Crippen molar-refractivity contribution in [3.05, 3.63) is 53.6 Å². The molecule has 0 atom stereocenters. The maximum absolute atomic E-state index is 12.3. The second-order valence-corrected chi connectivity index (χ2v) is 8.69. The molecule has 0 saturated carbocycles. The number of ether oxygens (including phenoxy) is 1. The average Bonchev–Trinajstić information content (AvgIpc) is 2.62. The van der Waals surface area contributed by atoms with E-state index in [0.717, 1.165) is 0 Å². The number of carbonyl (C=O) groups excluding carboxylic acids is 1. The zero-order valence-corrected chi connectivity index (χ0v) is 16.0. The summed E-state index contributed by atoms with van der Waals surface area (Å²) < 4.78 is 29.4. The first-order valence-electron chi connectivity index (χ1n) is 8.19. The van der Waals surface area contributed by atoms with Crippen LogP contribution in [0.5, 0.6) is 5.75 Å². The molecule has 8 heteroatoms. The van der Waals surface area contributed by atoms with E-state index in [4.69, 9.17) is 9.84 Å². The van der Waals surface area contributed by atoms with Crippen LogP contribution in [0.3, 0.4) is 0 Å². The van der Waals surface area contributed by atoms with Crippen LogP contribution in [-0.2, 0) is 21.1 Å². The van der Waals surface area contributed by atoms with Gasteiger partial charge >= 0.3 is 5.97 Å². The van der Waals surface area contributed by atoms with Crippen LogP contribution < -0.4 is 10.1 Å². The zero-order valence-electron chi connectivity index (χ0n) is 15.2. The molecule has 0 heterocycles. The second-order valence-electron chi connectivity index (χ2n) is 6.18. The Bertz CT molecular complexity index is 949. The molecule has 0 unspecified atom stereocenters. The topological polar surface area (TPSA) is 110 Å². The predicted octanol–water partition coefficient (Wildman–Crippen LogP) is 2.76. The van der Waals surface area contributed by atoms with E-state index in [1.165, 1.54) is 37.4 Å². The highest BCUT2D eigenvalue weighted by atomic mass is 32.2. The Kier molecular flexibility index (Phi) is 6.22. The quantitative estimate of drug-likeness (QED) is 0.751. The summed E-state index contributed by atoms with van der Waals surface area (Å²) in [6.07, 6.45) is 0.0336. The lowest BCUT2D eigenvalue weighted by Crippen LogP contribution is -2.16. The molecule has 27 heavy (non-hydrogen) atoms. The van der Waals surface area contributed by atoms with Gasteiger partial charge in [0, 0.05) is 0 Å². The predicted molar refractivity (Wildman–Crippen MR) is 101 cm³/mol. The molecule has 0 bridgehead atoms. The number of carbonyl (C=O) groups is 2. The number of anilines is 1. The minimum atomic E-state index is -3.36.